The molecule has 2 rings (SSSR count). The van der Waals surface area contributed by atoms with Gasteiger partial charge in [0.15, 0.2) is 40.7 Å². The van der Waals surface area contributed by atoms with E-state index in [0.29, 0.717) is 18.6 Å². The minimum absolute atomic E-state index is 0.252. The maximum Gasteiger partial charge on any atom is 0.204 e. The molecule has 154 valence electrons. The molecule has 28 heavy (non-hydrogen) atoms. The topological polar surface area (TPSA) is 9.23 Å². The molecule has 0 spiro atoms. The molecule has 11 heteroatoms. The Morgan fingerprint density at radius 3 is 1.32 bits per heavy atom. The fourth-order valence-electron chi connectivity index (χ4n) is 2.35. The van der Waals surface area contributed by atoms with Gasteiger partial charge in [0.25, 0.3) is 0 Å². The normalized spacial score (nSPS) is 11.2. The van der Waals surface area contributed by atoms with Crippen LogP contribution in [0.2, 0.25) is 0 Å². The predicted molar refractivity (Wildman–Crippen MR) is 84.7 cm³/mol. The zero-order chi connectivity index (χ0) is 21.2. The lowest BCUT2D eigenvalue weighted by Gasteiger charge is -2.15. The van der Waals surface area contributed by atoms with Crippen LogP contribution in [0.5, 0.6) is 5.75 Å². The van der Waals surface area contributed by atoms with Gasteiger partial charge in [-0.25, -0.2) is 30.7 Å². The maximum atomic E-state index is 14.2. The van der Waals surface area contributed by atoms with Crippen molar-refractivity contribution in [3.05, 3.63) is 52.4 Å². The molecule has 0 aliphatic rings. The van der Waals surface area contributed by atoms with Crippen molar-refractivity contribution in [2.75, 3.05) is 12.4 Å². The standard InChI is InChI=1S/C17H11F9OS/c18-8-6(9(19)13(23)14(24)12(8)22)7-10(20)15(25)17(16(26)11(7)21)27-4-2-1-3-5-28/h28H,1-5H2. The third kappa shape index (κ3) is 3.89. The fourth-order valence-corrected chi connectivity index (χ4v) is 2.57. The zero-order valence-electron chi connectivity index (χ0n) is 13.8. The molecule has 1 nitrogen and oxygen atoms in total. The second-order valence-electron chi connectivity index (χ2n) is 5.54. The van der Waals surface area contributed by atoms with Crippen molar-refractivity contribution in [1.82, 2.24) is 0 Å². The van der Waals surface area contributed by atoms with Crippen molar-refractivity contribution in [3.8, 4) is 16.9 Å². The van der Waals surface area contributed by atoms with E-state index >= 15 is 0 Å². The molecule has 0 bridgehead atoms. The molecule has 0 heterocycles. The Bertz CT molecular complexity index is 843. The van der Waals surface area contributed by atoms with Crippen molar-refractivity contribution in [2.24, 2.45) is 0 Å². The number of halogens is 9. The van der Waals surface area contributed by atoms with Gasteiger partial charge in [0.1, 0.15) is 0 Å². The molecule has 0 unspecified atom stereocenters. The number of ether oxygens (including phenoxy) is 1. The average Bonchev–Trinajstić information content (AvgIpc) is 2.68. The highest BCUT2D eigenvalue weighted by atomic mass is 32.1. The van der Waals surface area contributed by atoms with Crippen LogP contribution in [0.1, 0.15) is 19.3 Å². The zero-order valence-corrected chi connectivity index (χ0v) is 14.7. The molecule has 0 saturated heterocycles. The van der Waals surface area contributed by atoms with Gasteiger partial charge >= 0.3 is 0 Å². The summed E-state index contributed by atoms with van der Waals surface area (Å²) in [6, 6.07) is 0. The van der Waals surface area contributed by atoms with Crippen molar-refractivity contribution < 1.29 is 44.3 Å². The Balaban J connectivity index is 2.58. The average molecular weight is 434 g/mol. The summed E-state index contributed by atoms with van der Waals surface area (Å²) in [6.07, 6.45) is 1.42. The summed E-state index contributed by atoms with van der Waals surface area (Å²) in [6.45, 7) is -0.345. The lowest BCUT2D eigenvalue weighted by Crippen LogP contribution is -2.11. The Morgan fingerprint density at radius 2 is 0.893 bits per heavy atom. The molecule has 0 amide bonds. The van der Waals surface area contributed by atoms with E-state index in [2.05, 4.69) is 17.4 Å². The summed E-state index contributed by atoms with van der Waals surface area (Å²) in [5.74, 6) is -23.0. The molecule has 2 aromatic carbocycles. The SMILES string of the molecule is Fc1c(F)c(F)c(-c2c(F)c(F)c(OCCCCCS)c(F)c2F)c(F)c1F. The first-order valence-electron chi connectivity index (χ1n) is 7.76. The van der Waals surface area contributed by atoms with Crippen LogP contribution in [0.25, 0.3) is 11.1 Å². The van der Waals surface area contributed by atoms with Gasteiger partial charge in [-0.3, -0.25) is 0 Å². The van der Waals surface area contributed by atoms with E-state index in [9.17, 15) is 39.5 Å². The van der Waals surface area contributed by atoms with E-state index in [1.807, 2.05) is 0 Å². The van der Waals surface area contributed by atoms with Gasteiger partial charge in [-0.1, -0.05) is 0 Å². The Kier molecular flexibility index (Phi) is 7.13. The van der Waals surface area contributed by atoms with E-state index in [4.69, 9.17) is 0 Å². The molecule has 2 aromatic rings. The minimum Gasteiger partial charge on any atom is -0.487 e. The molecule has 0 radical (unpaired) electrons. The third-order valence-electron chi connectivity index (χ3n) is 3.73. The van der Waals surface area contributed by atoms with E-state index in [0.717, 1.165) is 0 Å². The Hall–Kier alpha value is -2.04. The molecule has 0 aromatic heterocycles. The van der Waals surface area contributed by atoms with Gasteiger partial charge in [-0.2, -0.15) is 21.4 Å². The van der Waals surface area contributed by atoms with Crippen LogP contribution in [0.15, 0.2) is 0 Å². The maximum absolute atomic E-state index is 14.2. The highest BCUT2D eigenvalue weighted by Gasteiger charge is 2.34. The highest BCUT2D eigenvalue weighted by molar-refractivity contribution is 7.80. The molecule has 0 aliphatic heterocycles. The summed E-state index contributed by atoms with van der Waals surface area (Å²) in [4.78, 5) is 0. The van der Waals surface area contributed by atoms with Crippen LogP contribution in [-0.4, -0.2) is 12.4 Å². The van der Waals surface area contributed by atoms with Crippen molar-refractivity contribution in [1.29, 1.82) is 0 Å². The van der Waals surface area contributed by atoms with Crippen LogP contribution < -0.4 is 4.74 Å². The van der Waals surface area contributed by atoms with Gasteiger partial charge in [0.2, 0.25) is 17.5 Å². The number of rotatable bonds is 7. The Morgan fingerprint density at radius 1 is 0.500 bits per heavy atom. The van der Waals surface area contributed by atoms with E-state index in [1.165, 1.54) is 0 Å². The summed E-state index contributed by atoms with van der Waals surface area (Å²) < 4.78 is 128. The van der Waals surface area contributed by atoms with Crippen molar-refractivity contribution in [3.63, 3.8) is 0 Å². The number of benzene rings is 2. The predicted octanol–water partition coefficient (Wildman–Crippen LogP) is 6.08. The summed E-state index contributed by atoms with van der Waals surface area (Å²) in [5.41, 5.74) is -4.21. The largest absolute Gasteiger partial charge is 0.487 e. The van der Waals surface area contributed by atoms with Gasteiger partial charge in [0.05, 0.1) is 17.7 Å². The first-order valence-corrected chi connectivity index (χ1v) is 8.39. The first kappa shape index (κ1) is 22.3. The van der Waals surface area contributed by atoms with E-state index < -0.39 is 69.2 Å². The van der Waals surface area contributed by atoms with Crippen LogP contribution in [0.3, 0.4) is 0 Å². The van der Waals surface area contributed by atoms with Crippen molar-refractivity contribution in [2.45, 2.75) is 19.3 Å². The van der Waals surface area contributed by atoms with Crippen LogP contribution in [0.4, 0.5) is 39.5 Å². The molecule has 0 N–H and O–H groups in total. The van der Waals surface area contributed by atoms with Crippen LogP contribution >= 0.6 is 12.6 Å². The number of unbranched alkanes of at least 4 members (excludes halogenated alkanes) is 2. The summed E-state index contributed by atoms with van der Waals surface area (Å²) in [7, 11) is 0. The third-order valence-corrected chi connectivity index (χ3v) is 4.05. The highest BCUT2D eigenvalue weighted by Crippen LogP contribution is 2.39. The fraction of sp³-hybridized carbons (Fsp3) is 0.294. The van der Waals surface area contributed by atoms with Crippen LogP contribution in [-0.2, 0) is 0 Å². The van der Waals surface area contributed by atoms with Crippen molar-refractivity contribution >= 4 is 12.6 Å². The van der Waals surface area contributed by atoms with Gasteiger partial charge in [-0.05, 0) is 25.0 Å². The molecule has 0 atom stereocenters. The second kappa shape index (κ2) is 8.97. The lowest BCUT2D eigenvalue weighted by atomic mass is 10.0. The van der Waals surface area contributed by atoms with E-state index in [-0.39, 0.29) is 13.0 Å². The van der Waals surface area contributed by atoms with Gasteiger partial charge < -0.3 is 4.74 Å². The summed E-state index contributed by atoms with van der Waals surface area (Å²) in [5, 5.41) is 0. The molecule has 0 fully saturated rings. The number of hydrogen-bond acceptors (Lipinski definition) is 2. The number of hydrogen-bond donors (Lipinski definition) is 1. The van der Waals surface area contributed by atoms with Gasteiger partial charge in [0, 0.05) is 0 Å². The molecule has 0 saturated carbocycles. The van der Waals surface area contributed by atoms with Gasteiger partial charge in [-0.15, -0.1) is 0 Å². The lowest BCUT2D eigenvalue weighted by molar-refractivity contribution is 0.265. The molecular weight excluding hydrogens is 423 g/mol. The summed E-state index contributed by atoms with van der Waals surface area (Å²) >= 11 is 3.94. The molecular formula is C17H11F9OS. The number of thiol groups is 1. The quantitative estimate of drug-likeness (QED) is 0.183. The monoisotopic (exact) mass is 434 g/mol. The first-order chi connectivity index (χ1) is 13.1. The van der Waals surface area contributed by atoms with E-state index in [1.54, 1.807) is 0 Å². The Labute approximate surface area is 158 Å². The molecule has 0 aliphatic carbocycles. The van der Waals surface area contributed by atoms with Crippen LogP contribution in [0, 0.1) is 52.4 Å². The minimum atomic E-state index is -2.61. The smallest absolute Gasteiger partial charge is 0.204 e. The second-order valence-corrected chi connectivity index (χ2v) is 5.98.